The number of carbonyl (C=O) groups excluding carboxylic acids is 1. The molecule has 3 aliphatic rings. The molecule has 176 valence electrons. The summed E-state index contributed by atoms with van der Waals surface area (Å²) < 4.78 is 8.16. The predicted octanol–water partition coefficient (Wildman–Crippen LogP) is 7.12. The number of ketones is 1. The van der Waals surface area contributed by atoms with Crippen molar-refractivity contribution < 1.29 is 9.53 Å². The second-order valence-electron chi connectivity index (χ2n) is 10.5. The van der Waals surface area contributed by atoms with Gasteiger partial charge in [-0.15, -0.1) is 0 Å². The van der Waals surface area contributed by atoms with Crippen LogP contribution in [0.5, 0.6) is 5.75 Å². The number of hydrogen-bond acceptors (Lipinski definition) is 3. The number of fused-ring (bicyclic) bond motifs is 3. The Morgan fingerprint density at radius 2 is 2.00 bits per heavy atom. The van der Waals surface area contributed by atoms with E-state index < -0.39 is 0 Å². The standard InChI is InChI=1S/C30H34N2O2/c1-4-32-26(16-22-9-6-12-31-30(22)32)25-15-23-14-24(17-27(34-3)28(23)18(25)2)29(33)21-11-10-19-7-5-8-20(19)13-21/h6,9,12,14-21H,4-5,7-8,10-11,13H2,1-3H3. The zero-order valence-corrected chi connectivity index (χ0v) is 20.5. The van der Waals surface area contributed by atoms with Gasteiger partial charge in [-0.2, -0.15) is 0 Å². The molecule has 0 amide bonds. The van der Waals surface area contributed by atoms with Crippen LogP contribution in [-0.2, 0) is 6.54 Å². The van der Waals surface area contributed by atoms with Gasteiger partial charge in [0.05, 0.1) is 7.11 Å². The number of nitrogens with zero attached hydrogens (tertiary/aromatic N) is 2. The van der Waals surface area contributed by atoms with E-state index in [0.29, 0.717) is 5.78 Å². The molecule has 0 bridgehead atoms. The number of pyridine rings is 1. The average molecular weight is 455 g/mol. The lowest BCUT2D eigenvalue weighted by Crippen LogP contribution is -2.26. The summed E-state index contributed by atoms with van der Waals surface area (Å²) in [5.74, 6) is 3.13. The Bertz CT molecular complexity index is 1300. The van der Waals surface area contributed by atoms with Crippen LogP contribution < -0.4 is 4.74 Å². The number of methoxy groups -OCH3 is 1. The molecule has 0 radical (unpaired) electrons. The first-order chi connectivity index (χ1) is 16.6. The molecule has 2 fully saturated rings. The van der Waals surface area contributed by atoms with Crippen molar-refractivity contribution in [2.75, 3.05) is 7.11 Å². The van der Waals surface area contributed by atoms with Gasteiger partial charge in [-0.3, -0.25) is 4.79 Å². The summed E-state index contributed by atoms with van der Waals surface area (Å²) in [5, 5.41) is 1.16. The Balaban J connectivity index is 1.37. The van der Waals surface area contributed by atoms with Crippen molar-refractivity contribution in [2.24, 2.45) is 17.8 Å². The summed E-state index contributed by atoms with van der Waals surface area (Å²) in [7, 11) is 1.73. The highest BCUT2D eigenvalue weighted by Crippen LogP contribution is 2.49. The average Bonchev–Trinajstić information content (AvgIpc) is 3.57. The van der Waals surface area contributed by atoms with E-state index >= 15 is 0 Å². The maximum absolute atomic E-state index is 13.6. The lowest BCUT2D eigenvalue weighted by molar-refractivity contribution is 0.0837. The molecule has 6 rings (SSSR count). The van der Waals surface area contributed by atoms with Crippen LogP contribution in [0.15, 0.2) is 36.5 Å². The molecular formula is C30H34N2O2. The molecule has 1 aromatic carbocycles. The molecular weight excluding hydrogens is 420 g/mol. The molecule has 0 spiro atoms. The van der Waals surface area contributed by atoms with Crippen molar-refractivity contribution in [3.05, 3.63) is 58.9 Å². The lowest BCUT2D eigenvalue weighted by Gasteiger charge is -2.31. The highest BCUT2D eigenvalue weighted by Gasteiger charge is 2.37. The van der Waals surface area contributed by atoms with E-state index in [0.717, 1.165) is 59.1 Å². The Morgan fingerprint density at radius 3 is 2.82 bits per heavy atom. The van der Waals surface area contributed by atoms with E-state index in [-0.39, 0.29) is 11.8 Å². The van der Waals surface area contributed by atoms with Crippen LogP contribution in [0.4, 0.5) is 0 Å². The fourth-order valence-electron chi connectivity index (χ4n) is 7.11. The summed E-state index contributed by atoms with van der Waals surface area (Å²) in [6, 6.07) is 10.5. The zero-order valence-electron chi connectivity index (χ0n) is 20.5. The zero-order chi connectivity index (χ0) is 23.4. The highest BCUT2D eigenvalue weighted by molar-refractivity contribution is 6.01. The SMILES string of the molecule is CCn1c(C2=Cc3cc(C(=O)C4CCC5CCCC5C4)cc(OC)c3C2C)cc2cccnc21. The van der Waals surface area contributed by atoms with Crippen LogP contribution in [0.3, 0.4) is 0 Å². The second-order valence-corrected chi connectivity index (χ2v) is 10.5. The quantitative estimate of drug-likeness (QED) is 0.386. The van der Waals surface area contributed by atoms with Gasteiger partial charge in [-0.25, -0.2) is 4.98 Å². The molecule has 4 atom stereocenters. The highest BCUT2D eigenvalue weighted by atomic mass is 16.5. The summed E-state index contributed by atoms with van der Waals surface area (Å²) in [6.07, 6.45) is 11.5. The van der Waals surface area contributed by atoms with Gasteiger partial charge in [0, 0.05) is 46.8 Å². The Morgan fingerprint density at radius 1 is 1.15 bits per heavy atom. The van der Waals surface area contributed by atoms with Crippen LogP contribution in [0, 0.1) is 17.8 Å². The molecule has 3 aliphatic carbocycles. The first-order valence-electron chi connectivity index (χ1n) is 13.0. The van der Waals surface area contributed by atoms with Crippen molar-refractivity contribution >= 4 is 28.5 Å². The molecule has 2 aromatic heterocycles. The van der Waals surface area contributed by atoms with Crippen LogP contribution >= 0.6 is 0 Å². The Labute approximate surface area is 202 Å². The summed E-state index contributed by atoms with van der Waals surface area (Å²) in [5.41, 5.74) is 6.63. The molecule has 0 aliphatic heterocycles. The number of ether oxygens (including phenoxy) is 1. The van der Waals surface area contributed by atoms with Gasteiger partial charge in [-0.1, -0.05) is 26.2 Å². The van der Waals surface area contributed by atoms with E-state index in [2.05, 4.69) is 47.7 Å². The van der Waals surface area contributed by atoms with E-state index in [9.17, 15) is 4.79 Å². The van der Waals surface area contributed by atoms with Crippen LogP contribution in [0.2, 0.25) is 0 Å². The number of aryl methyl sites for hydroxylation is 1. The van der Waals surface area contributed by atoms with Crippen molar-refractivity contribution in [1.29, 1.82) is 0 Å². The molecule has 2 heterocycles. The number of hydrogen-bond donors (Lipinski definition) is 0. The molecule has 34 heavy (non-hydrogen) atoms. The fourth-order valence-corrected chi connectivity index (χ4v) is 7.11. The summed E-state index contributed by atoms with van der Waals surface area (Å²) in [6.45, 7) is 5.27. The maximum atomic E-state index is 13.6. The number of allylic oxidation sites excluding steroid dienone is 1. The number of Topliss-reactive ketones (excluding diaryl/α,β-unsaturated/α-hetero) is 1. The molecule has 0 N–H and O–H groups in total. The maximum Gasteiger partial charge on any atom is 0.166 e. The van der Waals surface area contributed by atoms with Gasteiger partial charge in [-0.05, 0) is 85.6 Å². The number of rotatable bonds is 5. The van der Waals surface area contributed by atoms with Gasteiger partial charge in [0.1, 0.15) is 11.4 Å². The van der Waals surface area contributed by atoms with E-state index in [1.165, 1.54) is 42.5 Å². The minimum absolute atomic E-state index is 0.165. The van der Waals surface area contributed by atoms with Crippen molar-refractivity contribution in [1.82, 2.24) is 9.55 Å². The van der Waals surface area contributed by atoms with E-state index in [1.807, 2.05) is 18.3 Å². The number of carbonyl (C=O) groups is 1. The molecule has 4 heteroatoms. The predicted molar refractivity (Wildman–Crippen MR) is 137 cm³/mol. The fraction of sp³-hybridized carbons (Fsp3) is 0.467. The molecule has 0 saturated heterocycles. The topological polar surface area (TPSA) is 44.1 Å². The molecule has 3 aromatic rings. The number of aromatic nitrogens is 2. The van der Waals surface area contributed by atoms with Gasteiger partial charge < -0.3 is 9.30 Å². The van der Waals surface area contributed by atoms with Crippen molar-refractivity contribution in [2.45, 2.75) is 64.8 Å². The normalized spacial score (nSPS) is 25.8. The third kappa shape index (κ3) is 3.33. The van der Waals surface area contributed by atoms with Gasteiger partial charge >= 0.3 is 0 Å². The van der Waals surface area contributed by atoms with Gasteiger partial charge in [0.25, 0.3) is 0 Å². The van der Waals surface area contributed by atoms with E-state index in [4.69, 9.17) is 4.74 Å². The summed E-state index contributed by atoms with van der Waals surface area (Å²) >= 11 is 0. The third-order valence-electron chi connectivity index (χ3n) is 8.82. The lowest BCUT2D eigenvalue weighted by atomic mass is 9.73. The Kier molecular flexibility index (Phi) is 5.35. The van der Waals surface area contributed by atoms with Crippen molar-refractivity contribution in [3.8, 4) is 5.75 Å². The third-order valence-corrected chi connectivity index (χ3v) is 8.82. The second kappa shape index (κ2) is 8.41. The molecule has 2 saturated carbocycles. The van der Waals surface area contributed by atoms with Gasteiger partial charge in [0.15, 0.2) is 5.78 Å². The largest absolute Gasteiger partial charge is 0.496 e. The van der Waals surface area contributed by atoms with Gasteiger partial charge in [0.2, 0.25) is 0 Å². The minimum atomic E-state index is 0.165. The molecule has 4 nitrogen and oxygen atoms in total. The minimum Gasteiger partial charge on any atom is -0.496 e. The number of benzene rings is 1. The molecule has 4 unspecified atom stereocenters. The smallest absolute Gasteiger partial charge is 0.166 e. The monoisotopic (exact) mass is 454 g/mol. The van der Waals surface area contributed by atoms with E-state index in [1.54, 1.807) is 7.11 Å². The summed E-state index contributed by atoms with van der Waals surface area (Å²) in [4.78, 5) is 18.2. The Hall–Kier alpha value is -2.88. The first kappa shape index (κ1) is 21.6. The first-order valence-corrected chi connectivity index (χ1v) is 13.0. The van der Waals surface area contributed by atoms with Crippen LogP contribution in [-0.4, -0.2) is 22.4 Å². The van der Waals surface area contributed by atoms with Crippen molar-refractivity contribution in [3.63, 3.8) is 0 Å². The van der Waals surface area contributed by atoms with Crippen LogP contribution in [0.1, 0.15) is 85.5 Å². The van der Waals surface area contributed by atoms with Crippen LogP contribution in [0.25, 0.3) is 22.7 Å².